The van der Waals surface area contributed by atoms with Crippen LogP contribution in [0.25, 0.3) is 0 Å². The molecular weight excluding hydrogens is 336 g/mol. The fraction of sp³-hybridized carbons (Fsp3) is 0.389. The predicted molar refractivity (Wildman–Crippen MR) is 94.4 cm³/mol. The number of amides is 1. The second kappa shape index (κ2) is 6.48. The molecule has 0 fully saturated rings. The van der Waals surface area contributed by atoms with Crippen LogP contribution in [0, 0.1) is 6.92 Å². The Hall–Kier alpha value is -2.41. The van der Waals surface area contributed by atoms with Crippen molar-refractivity contribution in [1.29, 1.82) is 0 Å². The van der Waals surface area contributed by atoms with Crippen molar-refractivity contribution in [3.8, 4) is 0 Å². The van der Waals surface area contributed by atoms with E-state index in [2.05, 4.69) is 10.1 Å². The third kappa shape index (κ3) is 3.11. The average molecular weight is 356 g/mol. The van der Waals surface area contributed by atoms with Gasteiger partial charge in [0.2, 0.25) is 0 Å². The van der Waals surface area contributed by atoms with Gasteiger partial charge in [0.15, 0.2) is 0 Å². The zero-order valence-electron chi connectivity index (χ0n) is 14.4. The highest BCUT2D eigenvalue weighted by Gasteiger charge is 2.26. The fourth-order valence-corrected chi connectivity index (χ4v) is 4.01. The molecule has 4 rings (SSSR count). The summed E-state index contributed by atoms with van der Waals surface area (Å²) in [6, 6.07) is 3.72. The van der Waals surface area contributed by atoms with Crippen LogP contribution >= 0.6 is 11.3 Å². The van der Waals surface area contributed by atoms with Crippen molar-refractivity contribution in [3.63, 3.8) is 0 Å². The Kier molecular flexibility index (Phi) is 4.17. The molecule has 3 heterocycles. The molecule has 3 aromatic rings. The summed E-state index contributed by atoms with van der Waals surface area (Å²) >= 11 is 1.49. The van der Waals surface area contributed by atoms with Gasteiger partial charge >= 0.3 is 0 Å². The molecule has 0 bridgehead atoms. The normalized spacial score (nSPS) is 13.2. The monoisotopic (exact) mass is 356 g/mol. The lowest BCUT2D eigenvalue weighted by Crippen LogP contribution is -2.30. The van der Waals surface area contributed by atoms with Gasteiger partial charge in [-0.05, 0) is 43.9 Å². The maximum Gasteiger partial charge on any atom is 0.274 e. The summed E-state index contributed by atoms with van der Waals surface area (Å²) in [7, 11) is 1.98. The van der Waals surface area contributed by atoms with Gasteiger partial charge in [0.1, 0.15) is 11.5 Å². The van der Waals surface area contributed by atoms with E-state index in [1.54, 1.807) is 11.2 Å². The van der Waals surface area contributed by atoms with Crippen molar-refractivity contribution in [2.24, 2.45) is 7.05 Å². The van der Waals surface area contributed by atoms with Crippen LogP contribution in [0.4, 0.5) is 0 Å². The molecule has 25 heavy (non-hydrogen) atoms. The molecule has 6 nitrogen and oxygen atoms in total. The number of aryl methyl sites for hydroxylation is 2. The van der Waals surface area contributed by atoms with Gasteiger partial charge < -0.3 is 9.32 Å². The molecule has 0 spiro atoms. The fourth-order valence-electron chi connectivity index (χ4n) is 3.42. The number of nitrogens with zero attached hydrogens (tertiary/aromatic N) is 4. The maximum absolute atomic E-state index is 13.0. The van der Waals surface area contributed by atoms with Crippen LogP contribution in [0.5, 0.6) is 0 Å². The molecule has 0 aromatic carbocycles. The third-order valence-corrected chi connectivity index (χ3v) is 5.36. The zero-order chi connectivity index (χ0) is 17.4. The summed E-state index contributed by atoms with van der Waals surface area (Å²) in [5, 5.41) is 7.36. The van der Waals surface area contributed by atoms with E-state index in [-0.39, 0.29) is 5.91 Å². The summed E-state index contributed by atoms with van der Waals surface area (Å²) in [6.45, 7) is 2.79. The summed E-state index contributed by atoms with van der Waals surface area (Å²) in [4.78, 5) is 19.1. The molecule has 0 aliphatic heterocycles. The quantitative estimate of drug-likeness (QED) is 0.705. The van der Waals surface area contributed by atoms with Gasteiger partial charge in [-0.1, -0.05) is 0 Å². The molecule has 0 N–H and O–H groups in total. The van der Waals surface area contributed by atoms with E-state index >= 15 is 0 Å². The van der Waals surface area contributed by atoms with Gasteiger partial charge in [-0.15, -0.1) is 11.3 Å². The second-order valence-corrected chi connectivity index (χ2v) is 7.40. The molecule has 0 saturated heterocycles. The largest absolute Gasteiger partial charge is 0.467 e. The van der Waals surface area contributed by atoms with Gasteiger partial charge in [-0.3, -0.25) is 9.48 Å². The average Bonchev–Trinajstić information content (AvgIpc) is 3.35. The van der Waals surface area contributed by atoms with Crippen LogP contribution in [0.15, 0.2) is 28.2 Å². The highest BCUT2D eigenvalue weighted by molar-refractivity contribution is 7.09. The smallest absolute Gasteiger partial charge is 0.274 e. The molecule has 0 unspecified atom stereocenters. The highest BCUT2D eigenvalue weighted by Crippen LogP contribution is 2.26. The van der Waals surface area contributed by atoms with Crippen molar-refractivity contribution >= 4 is 17.2 Å². The van der Waals surface area contributed by atoms with Gasteiger partial charge in [0.25, 0.3) is 5.91 Å². The van der Waals surface area contributed by atoms with Gasteiger partial charge in [0.05, 0.1) is 30.1 Å². The Morgan fingerprint density at radius 1 is 1.40 bits per heavy atom. The molecule has 130 valence electrons. The lowest BCUT2D eigenvalue weighted by Gasteiger charge is -2.20. The molecular formula is C18H20N4O2S. The number of furan rings is 1. The number of carbonyl (C=O) groups excluding carboxylic acids is 1. The summed E-state index contributed by atoms with van der Waals surface area (Å²) in [5.74, 6) is 0.672. The first-order valence-electron chi connectivity index (χ1n) is 8.39. The van der Waals surface area contributed by atoms with Gasteiger partial charge in [-0.2, -0.15) is 5.10 Å². The molecule has 0 radical (unpaired) electrons. The molecule has 1 aliphatic rings. The Bertz CT molecular complexity index is 894. The molecule has 1 amide bonds. The Morgan fingerprint density at radius 3 is 3.00 bits per heavy atom. The van der Waals surface area contributed by atoms with Crippen LogP contribution in [-0.2, 0) is 33.0 Å². The van der Waals surface area contributed by atoms with E-state index in [0.29, 0.717) is 18.8 Å². The number of aromatic nitrogens is 3. The molecule has 3 aromatic heterocycles. The Balaban J connectivity index is 1.63. The minimum atomic E-state index is -0.0850. The van der Waals surface area contributed by atoms with E-state index in [0.717, 1.165) is 35.7 Å². The standard InChI is InChI=1S/C18H20N4O2S/c1-12-19-16(11-25-12)18(23)22(9-13-5-4-8-24-13)10-15-14-6-3-7-17(14)21(2)20-15/h4-5,8,11H,3,6-7,9-10H2,1-2H3. The number of rotatable bonds is 5. The number of fused-ring (bicyclic) bond motifs is 1. The minimum absolute atomic E-state index is 0.0850. The Morgan fingerprint density at radius 2 is 2.28 bits per heavy atom. The molecule has 0 atom stereocenters. The van der Waals surface area contributed by atoms with E-state index in [1.165, 1.54) is 22.6 Å². The topological polar surface area (TPSA) is 64.2 Å². The van der Waals surface area contributed by atoms with Crippen LogP contribution in [0.3, 0.4) is 0 Å². The number of carbonyl (C=O) groups is 1. The molecule has 1 aliphatic carbocycles. The first-order valence-corrected chi connectivity index (χ1v) is 9.27. The van der Waals surface area contributed by atoms with E-state index in [1.807, 2.05) is 36.2 Å². The summed E-state index contributed by atoms with van der Waals surface area (Å²) in [6.07, 6.45) is 4.89. The lowest BCUT2D eigenvalue weighted by atomic mass is 10.2. The van der Waals surface area contributed by atoms with Crippen LogP contribution in [-0.4, -0.2) is 25.6 Å². The first kappa shape index (κ1) is 16.1. The van der Waals surface area contributed by atoms with E-state index in [4.69, 9.17) is 4.42 Å². The lowest BCUT2D eigenvalue weighted by molar-refractivity contribution is 0.0709. The maximum atomic E-state index is 13.0. The van der Waals surface area contributed by atoms with Crippen LogP contribution < -0.4 is 0 Å². The number of thiazole rings is 1. The van der Waals surface area contributed by atoms with Gasteiger partial charge in [-0.25, -0.2) is 4.98 Å². The minimum Gasteiger partial charge on any atom is -0.467 e. The van der Waals surface area contributed by atoms with Crippen molar-refractivity contribution < 1.29 is 9.21 Å². The second-order valence-electron chi connectivity index (χ2n) is 6.34. The highest BCUT2D eigenvalue weighted by atomic mass is 32.1. The van der Waals surface area contributed by atoms with Crippen molar-refractivity contribution in [3.05, 3.63) is 57.2 Å². The summed E-state index contributed by atoms with van der Waals surface area (Å²) < 4.78 is 7.41. The molecule has 0 saturated carbocycles. The van der Waals surface area contributed by atoms with E-state index in [9.17, 15) is 4.79 Å². The number of hydrogen-bond donors (Lipinski definition) is 0. The van der Waals surface area contributed by atoms with E-state index < -0.39 is 0 Å². The number of hydrogen-bond acceptors (Lipinski definition) is 5. The first-order chi connectivity index (χ1) is 12.1. The Labute approximate surface area is 150 Å². The van der Waals surface area contributed by atoms with Gasteiger partial charge in [0, 0.05) is 18.1 Å². The molecule has 7 heteroatoms. The zero-order valence-corrected chi connectivity index (χ0v) is 15.2. The van der Waals surface area contributed by atoms with Crippen molar-refractivity contribution in [2.45, 2.75) is 39.3 Å². The van der Waals surface area contributed by atoms with Crippen LogP contribution in [0.2, 0.25) is 0 Å². The summed E-state index contributed by atoms with van der Waals surface area (Å²) in [5.41, 5.74) is 4.07. The van der Waals surface area contributed by atoms with Crippen molar-refractivity contribution in [1.82, 2.24) is 19.7 Å². The van der Waals surface area contributed by atoms with Crippen molar-refractivity contribution in [2.75, 3.05) is 0 Å². The third-order valence-electron chi connectivity index (χ3n) is 4.59. The van der Waals surface area contributed by atoms with Crippen LogP contribution in [0.1, 0.15) is 44.6 Å². The predicted octanol–water partition coefficient (Wildman–Crippen LogP) is 3.11. The SMILES string of the molecule is Cc1nc(C(=O)N(Cc2ccco2)Cc2nn(C)c3c2CCC3)cs1.